The number of hydrogen-bond donors (Lipinski definition) is 2. The highest BCUT2D eigenvalue weighted by molar-refractivity contribution is 6.31. The molecule has 1 saturated carbocycles. The van der Waals surface area contributed by atoms with Crippen molar-refractivity contribution in [2.24, 2.45) is 0 Å². The number of nitrogens with zero attached hydrogens (tertiary/aromatic N) is 2. The third-order valence-electron chi connectivity index (χ3n) is 6.06. The Kier molecular flexibility index (Phi) is 5.35. The molecule has 2 N–H and O–H groups in total. The van der Waals surface area contributed by atoms with Gasteiger partial charge < -0.3 is 15.0 Å². The first kappa shape index (κ1) is 20.9. The fourth-order valence-electron chi connectivity index (χ4n) is 3.84. The average molecular weight is 457 g/mol. The number of benzene rings is 1. The maximum Gasteiger partial charge on any atom is 0.270 e. The van der Waals surface area contributed by atoms with Crippen molar-refractivity contribution in [3.8, 4) is 5.75 Å². The zero-order valence-electron chi connectivity index (χ0n) is 17.4. The van der Waals surface area contributed by atoms with Crippen LogP contribution in [0.3, 0.4) is 0 Å². The number of rotatable bonds is 6. The first-order chi connectivity index (χ1) is 15.4. The van der Waals surface area contributed by atoms with E-state index in [1.54, 1.807) is 30.5 Å². The Hall–Kier alpha value is -2.97. The van der Waals surface area contributed by atoms with Crippen LogP contribution >= 0.6 is 11.6 Å². The molecule has 2 fully saturated rings. The number of nitrogens with one attached hydrogen (secondary N) is 2. The van der Waals surface area contributed by atoms with Crippen molar-refractivity contribution in [1.82, 2.24) is 20.2 Å². The molecule has 1 aromatic carbocycles. The summed E-state index contributed by atoms with van der Waals surface area (Å²) < 4.78 is 20.9. The van der Waals surface area contributed by atoms with Crippen molar-refractivity contribution in [2.75, 3.05) is 6.54 Å². The molecule has 1 aliphatic carbocycles. The topological polar surface area (TPSA) is 87.3 Å². The van der Waals surface area contributed by atoms with E-state index in [1.165, 1.54) is 6.07 Å². The summed E-state index contributed by atoms with van der Waals surface area (Å²) in [6.07, 6.45) is 3.54. The molecule has 32 heavy (non-hydrogen) atoms. The number of halogens is 2. The van der Waals surface area contributed by atoms with E-state index < -0.39 is 11.4 Å². The molecule has 0 bridgehead atoms. The third-order valence-corrected chi connectivity index (χ3v) is 6.34. The van der Waals surface area contributed by atoms with Crippen molar-refractivity contribution in [2.45, 2.75) is 44.5 Å². The standard InChI is InChI=1S/C23H22ClFN4O3/c1-12-19(32-16-6-7-18(26-9-16)23(31)27-15-4-5-15)11-29(12)10-14-3-2-13-8-17(24)22(30)28-21(13)20(14)25/h2-3,6-9,12,15,19H,4-5,10-11H2,1H3,(H,27,31)(H,28,30)/t12-,19+/m1/s1. The molecule has 166 valence electrons. The molecule has 0 spiro atoms. The fourth-order valence-corrected chi connectivity index (χ4v) is 4.00. The number of ether oxygens (including phenoxy) is 1. The zero-order valence-corrected chi connectivity index (χ0v) is 18.2. The lowest BCUT2D eigenvalue weighted by Crippen LogP contribution is -2.60. The highest BCUT2D eigenvalue weighted by atomic mass is 35.5. The number of aromatic amines is 1. The van der Waals surface area contributed by atoms with Crippen molar-refractivity contribution in [1.29, 1.82) is 0 Å². The Bertz CT molecular complexity index is 1240. The number of fused-ring (bicyclic) bond motifs is 1. The van der Waals surface area contributed by atoms with Crippen LogP contribution in [0.2, 0.25) is 5.02 Å². The van der Waals surface area contributed by atoms with Crippen LogP contribution in [0.15, 0.2) is 41.3 Å². The van der Waals surface area contributed by atoms with Crippen molar-refractivity contribution in [3.63, 3.8) is 0 Å². The molecule has 9 heteroatoms. The SMILES string of the molecule is C[C@@H]1[C@@H](Oc2ccc(C(=O)NC3CC3)nc2)CN1Cc1ccc2cc(Cl)c(=O)[nH]c2c1F. The van der Waals surface area contributed by atoms with Crippen molar-refractivity contribution < 1.29 is 13.9 Å². The molecule has 7 nitrogen and oxygen atoms in total. The number of amides is 1. The number of H-pyrrole nitrogens is 1. The molecule has 5 rings (SSSR count). The first-order valence-electron chi connectivity index (χ1n) is 10.6. The average Bonchev–Trinajstić information content (AvgIpc) is 3.60. The zero-order chi connectivity index (χ0) is 22.4. The van der Waals surface area contributed by atoms with Gasteiger partial charge in [0.1, 0.15) is 22.6 Å². The molecule has 0 radical (unpaired) electrons. The lowest BCUT2D eigenvalue weighted by atomic mass is 9.99. The summed E-state index contributed by atoms with van der Waals surface area (Å²) in [7, 11) is 0. The minimum Gasteiger partial charge on any atom is -0.486 e. The predicted molar refractivity (Wildman–Crippen MR) is 119 cm³/mol. The Morgan fingerprint density at radius 1 is 1.34 bits per heavy atom. The van der Waals surface area contributed by atoms with E-state index in [0.717, 1.165) is 12.8 Å². The summed E-state index contributed by atoms with van der Waals surface area (Å²) in [5.74, 6) is -0.0174. The van der Waals surface area contributed by atoms with Gasteiger partial charge in [-0.15, -0.1) is 0 Å². The van der Waals surface area contributed by atoms with Gasteiger partial charge >= 0.3 is 0 Å². The van der Waals surface area contributed by atoms with Gasteiger partial charge in [0.2, 0.25) is 0 Å². The predicted octanol–water partition coefficient (Wildman–Crippen LogP) is 3.26. The molecule has 1 saturated heterocycles. The van der Waals surface area contributed by atoms with Crippen LogP contribution in [0.25, 0.3) is 10.9 Å². The Morgan fingerprint density at radius 2 is 2.16 bits per heavy atom. The summed E-state index contributed by atoms with van der Waals surface area (Å²) in [6.45, 7) is 3.03. The van der Waals surface area contributed by atoms with Crippen LogP contribution in [0.5, 0.6) is 5.75 Å². The highest BCUT2D eigenvalue weighted by Crippen LogP contribution is 2.28. The molecular weight excluding hydrogens is 435 g/mol. The van der Waals surface area contributed by atoms with E-state index in [2.05, 4.69) is 20.2 Å². The highest BCUT2D eigenvalue weighted by Gasteiger charge is 2.37. The minimum absolute atomic E-state index is 0.0343. The van der Waals surface area contributed by atoms with E-state index in [4.69, 9.17) is 16.3 Å². The number of aromatic nitrogens is 2. The molecule has 3 aromatic rings. The summed E-state index contributed by atoms with van der Waals surface area (Å²) in [4.78, 5) is 32.6. The second kappa shape index (κ2) is 8.18. The monoisotopic (exact) mass is 456 g/mol. The first-order valence-corrected chi connectivity index (χ1v) is 10.9. The molecule has 1 aliphatic heterocycles. The molecule has 2 atom stereocenters. The van der Waals surface area contributed by atoms with Crippen LogP contribution in [0.4, 0.5) is 4.39 Å². The second-order valence-electron chi connectivity index (χ2n) is 8.40. The van der Waals surface area contributed by atoms with Gasteiger partial charge in [0.25, 0.3) is 11.5 Å². The van der Waals surface area contributed by atoms with E-state index in [1.807, 2.05) is 6.92 Å². The minimum atomic E-state index is -0.509. The van der Waals surface area contributed by atoms with Gasteiger partial charge in [-0.1, -0.05) is 23.7 Å². The number of hydrogen-bond acceptors (Lipinski definition) is 5. The molecule has 3 heterocycles. The van der Waals surface area contributed by atoms with Gasteiger partial charge in [-0.05, 0) is 38.0 Å². The number of carbonyl (C=O) groups is 1. The van der Waals surface area contributed by atoms with Crippen LogP contribution in [0, 0.1) is 5.82 Å². The van der Waals surface area contributed by atoms with E-state index in [0.29, 0.717) is 35.5 Å². The molecule has 1 amide bonds. The lowest BCUT2D eigenvalue weighted by molar-refractivity contribution is -0.0419. The van der Waals surface area contributed by atoms with Crippen LogP contribution in [-0.4, -0.2) is 45.5 Å². The number of pyridine rings is 2. The normalized spacial score (nSPS) is 20.7. The smallest absolute Gasteiger partial charge is 0.270 e. The fraction of sp³-hybridized carbons (Fsp3) is 0.348. The summed E-state index contributed by atoms with van der Waals surface area (Å²) >= 11 is 5.83. The maximum absolute atomic E-state index is 14.9. The number of likely N-dealkylation sites (tertiary alicyclic amines) is 1. The van der Waals surface area contributed by atoms with Crippen LogP contribution < -0.4 is 15.6 Å². The van der Waals surface area contributed by atoms with E-state index in [9.17, 15) is 14.0 Å². The summed E-state index contributed by atoms with van der Waals surface area (Å²) in [5, 5.41) is 3.49. The lowest BCUT2D eigenvalue weighted by Gasteiger charge is -2.45. The van der Waals surface area contributed by atoms with Gasteiger partial charge in [-0.25, -0.2) is 9.37 Å². The van der Waals surface area contributed by atoms with Crippen molar-refractivity contribution >= 4 is 28.4 Å². The van der Waals surface area contributed by atoms with Crippen LogP contribution in [-0.2, 0) is 6.54 Å². The molecular formula is C23H22ClFN4O3. The molecule has 2 aromatic heterocycles. The van der Waals surface area contributed by atoms with Gasteiger partial charge in [0, 0.05) is 36.1 Å². The maximum atomic E-state index is 14.9. The Balaban J connectivity index is 1.21. The van der Waals surface area contributed by atoms with Crippen molar-refractivity contribution in [3.05, 3.63) is 69.0 Å². The summed E-state index contributed by atoms with van der Waals surface area (Å²) in [5.41, 5.74) is 0.521. The largest absolute Gasteiger partial charge is 0.486 e. The Labute approximate surface area is 188 Å². The van der Waals surface area contributed by atoms with Gasteiger partial charge in [-0.2, -0.15) is 0 Å². The van der Waals surface area contributed by atoms with Gasteiger partial charge in [-0.3, -0.25) is 14.5 Å². The van der Waals surface area contributed by atoms with Crippen LogP contribution in [0.1, 0.15) is 35.8 Å². The summed E-state index contributed by atoms with van der Waals surface area (Å²) in [6, 6.07) is 8.68. The van der Waals surface area contributed by atoms with Gasteiger partial charge in [0.15, 0.2) is 5.82 Å². The quantitative estimate of drug-likeness (QED) is 0.594. The Morgan fingerprint density at radius 3 is 2.84 bits per heavy atom. The van der Waals surface area contributed by atoms with E-state index in [-0.39, 0.29) is 34.6 Å². The third kappa shape index (κ3) is 4.08. The van der Waals surface area contributed by atoms with Gasteiger partial charge in [0.05, 0.1) is 11.7 Å². The molecule has 0 unspecified atom stereocenters. The second-order valence-corrected chi connectivity index (χ2v) is 8.81. The van der Waals surface area contributed by atoms with E-state index >= 15 is 0 Å². The number of carbonyl (C=O) groups excluding carboxylic acids is 1. The molecule has 2 aliphatic rings.